The summed E-state index contributed by atoms with van der Waals surface area (Å²) in [5.74, 6) is -0.175. The first-order valence-corrected chi connectivity index (χ1v) is 8.73. The van der Waals surface area contributed by atoms with Crippen LogP contribution < -0.4 is 25.4 Å². The molecule has 0 bridgehead atoms. The van der Waals surface area contributed by atoms with Crippen molar-refractivity contribution in [2.24, 2.45) is 0 Å². The van der Waals surface area contributed by atoms with Gasteiger partial charge in [0.05, 0.1) is 43.1 Å². The highest BCUT2D eigenvalue weighted by atomic mass is 32.1. The Balaban J connectivity index is 2.07. The summed E-state index contributed by atoms with van der Waals surface area (Å²) in [6.07, 6.45) is -1.19. The van der Waals surface area contributed by atoms with E-state index in [2.05, 4.69) is 16.0 Å². The maximum atomic E-state index is 14.4. The summed E-state index contributed by atoms with van der Waals surface area (Å²) in [7, 11) is 2.81. The smallest absolute Gasteiger partial charge is 0.404 e. The van der Waals surface area contributed by atoms with Crippen LogP contribution in [0, 0.1) is 17.1 Å². The maximum absolute atomic E-state index is 14.4. The number of amides is 1. The van der Waals surface area contributed by atoms with Gasteiger partial charge >= 0.3 is 6.09 Å². The molecular weight excluding hydrogens is 399 g/mol. The number of ether oxygens (including phenoxy) is 2. The minimum atomic E-state index is -1.19. The van der Waals surface area contributed by atoms with Crippen molar-refractivity contribution in [2.75, 3.05) is 31.4 Å². The number of nitriles is 1. The lowest BCUT2D eigenvalue weighted by Gasteiger charge is -2.14. The van der Waals surface area contributed by atoms with Gasteiger partial charge in [0.25, 0.3) is 0 Å². The van der Waals surface area contributed by atoms with Gasteiger partial charge in [0.2, 0.25) is 0 Å². The van der Waals surface area contributed by atoms with Gasteiger partial charge in [0, 0.05) is 24.4 Å². The number of nitrogens with one attached hydrogen (secondary N) is 3. The molecule has 1 amide bonds. The molecule has 0 aliphatic heterocycles. The predicted molar refractivity (Wildman–Crippen MR) is 110 cm³/mol. The zero-order valence-electron chi connectivity index (χ0n) is 15.7. The van der Waals surface area contributed by atoms with Crippen LogP contribution in [0.5, 0.6) is 11.5 Å². The fraction of sp³-hybridized carbons (Fsp3) is 0.211. The van der Waals surface area contributed by atoms with Crippen molar-refractivity contribution in [3.63, 3.8) is 0 Å². The van der Waals surface area contributed by atoms with Crippen molar-refractivity contribution in [3.8, 4) is 17.6 Å². The van der Waals surface area contributed by atoms with Crippen LogP contribution in [0.15, 0.2) is 30.3 Å². The Morgan fingerprint density at radius 3 is 2.66 bits per heavy atom. The van der Waals surface area contributed by atoms with Gasteiger partial charge in [-0.25, -0.2) is 9.18 Å². The van der Waals surface area contributed by atoms with Gasteiger partial charge < -0.3 is 30.5 Å². The van der Waals surface area contributed by atoms with Crippen molar-refractivity contribution in [1.29, 1.82) is 5.26 Å². The molecular formula is C19H19FN4O4S. The van der Waals surface area contributed by atoms with Crippen LogP contribution in [0.25, 0.3) is 0 Å². The third-order valence-corrected chi connectivity index (χ3v) is 4.10. The molecule has 4 N–H and O–H groups in total. The van der Waals surface area contributed by atoms with Crippen molar-refractivity contribution in [3.05, 3.63) is 47.3 Å². The molecule has 0 saturated carbocycles. The third kappa shape index (κ3) is 5.95. The summed E-state index contributed by atoms with van der Waals surface area (Å²) in [5, 5.41) is 25.9. The van der Waals surface area contributed by atoms with E-state index in [1.54, 1.807) is 18.2 Å². The lowest BCUT2D eigenvalue weighted by atomic mass is 10.1. The number of thiocarbonyl (C=S) groups is 1. The average Bonchev–Trinajstić information content (AvgIpc) is 2.72. The van der Waals surface area contributed by atoms with Crippen molar-refractivity contribution >= 4 is 34.7 Å². The first-order valence-electron chi connectivity index (χ1n) is 8.33. The highest BCUT2D eigenvalue weighted by Crippen LogP contribution is 2.30. The standard InChI is InChI=1S/C19H19FN4O4S/c1-27-14-6-15(18(20)16(7-14)28-2)24-17(29)10-22-13-4-3-11(8-21)12(5-13)9-23-19(25)26/h3-7,22-23H,9-10H2,1-2H3,(H,24,29)(H,25,26). The van der Waals surface area contributed by atoms with Crippen molar-refractivity contribution < 1.29 is 23.8 Å². The molecule has 0 heterocycles. The van der Waals surface area contributed by atoms with Crippen LogP contribution in [0.1, 0.15) is 11.1 Å². The number of hydrogen-bond donors (Lipinski definition) is 4. The van der Waals surface area contributed by atoms with E-state index in [0.717, 1.165) is 0 Å². The molecule has 29 heavy (non-hydrogen) atoms. The summed E-state index contributed by atoms with van der Waals surface area (Å²) in [4.78, 5) is 11.0. The average molecular weight is 418 g/mol. The van der Waals surface area contributed by atoms with E-state index in [1.807, 2.05) is 6.07 Å². The van der Waals surface area contributed by atoms with Crippen LogP contribution >= 0.6 is 12.2 Å². The largest absolute Gasteiger partial charge is 0.497 e. The molecule has 2 aromatic carbocycles. The number of rotatable bonds is 8. The van der Waals surface area contributed by atoms with E-state index in [0.29, 0.717) is 27.6 Å². The highest BCUT2D eigenvalue weighted by Gasteiger charge is 2.13. The van der Waals surface area contributed by atoms with Gasteiger partial charge in [-0.15, -0.1) is 0 Å². The third-order valence-electron chi connectivity index (χ3n) is 3.85. The molecule has 152 valence electrons. The zero-order valence-corrected chi connectivity index (χ0v) is 16.5. The summed E-state index contributed by atoms with van der Waals surface area (Å²) >= 11 is 5.26. The second-order valence-corrected chi connectivity index (χ2v) is 6.23. The van der Waals surface area contributed by atoms with E-state index in [-0.39, 0.29) is 24.5 Å². The normalized spacial score (nSPS) is 9.86. The fourth-order valence-electron chi connectivity index (χ4n) is 2.44. The molecule has 2 rings (SSSR count). The van der Waals surface area contributed by atoms with Gasteiger partial charge in [0.15, 0.2) is 11.6 Å². The zero-order chi connectivity index (χ0) is 21.4. The van der Waals surface area contributed by atoms with Gasteiger partial charge in [-0.1, -0.05) is 12.2 Å². The second kappa shape index (κ2) is 10.1. The van der Waals surface area contributed by atoms with E-state index in [4.69, 9.17) is 32.1 Å². The molecule has 0 fully saturated rings. The monoisotopic (exact) mass is 418 g/mol. The van der Waals surface area contributed by atoms with E-state index >= 15 is 0 Å². The molecule has 0 aromatic heterocycles. The SMILES string of the molecule is COc1cc(NC(=S)CNc2ccc(C#N)c(CNC(=O)O)c2)c(F)c(OC)c1. The van der Waals surface area contributed by atoms with E-state index in [1.165, 1.54) is 26.4 Å². The molecule has 2 aromatic rings. The maximum Gasteiger partial charge on any atom is 0.404 e. The van der Waals surface area contributed by atoms with E-state index in [9.17, 15) is 9.18 Å². The van der Waals surface area contributed by atoms with Crippen LogP contribution in [-0.4, -0.2) is 37.0 Å². The number of anilines is 2. The fourth-order valence-corrected chi connectivity index (χ4v) is 2.62. The lowest BCUT2D eigenvalue weighted by Crippen LogP contribution is -2.22. The Kier molecular flexibility index (Phi) is 7.56. The number of nitrogens with zero attached hydrogens (tertiary/aromatic N) is 1. The van der Waals surface area contributed by atoms with Crippen LogP contribution in [0.3, 0.4) is 0 Å². The summed E-state index contributed by atoms with van der Waals surface area (Å²) in [6, 6.07) is 9.78. The molecule has 0 aliphatic carbocycles. The Labute approximate surface area is 172 Å². The summed E-state index contributed by atoms with van der Waals surface area (Å²) in [6.45, 7) is 0.164. The Morgan fingerprint density at radius 1 is 1.28 bits per heavy atom. The first-order chi connectivity index (χ1) is 13.9. The van der Waals surface area contributed by atoms with Gasteiger partial charge in [-0.2, -0.15) is 5.26 Å². The molecule has 0 aliphatic rings. The number of methoxy groups -OCH3 is 2. The summed E-state index contributed by atoms with van der Waals surface area (Å²) < 4.78 is 24.5. The lowest BCUT2D eigenvalue weighted by molar-refractivity contribution is 0.194. The Bertz CT molecular complexity index is 962. The molecule has 0 saturated heterocycles. The van der Waals surface area contributed by atoms with Crippen LogP contribution in [-0.2, 0) is 6.54 Å². The van der Waals surface area contributed by atoms with Gasteiger partial charge in [-0.05, 0) is 23.8 Å². The van der Waals surface area contributed by atoms with Crippen molar-refractivity contribution in [2.45, 2.75) is 6.54 Å². The van der Waals surface area contributed by atoms with Gasteiger partial charge in [0.1, 0.15) is 5.75 Å². The Hall–Kier alpha value is -3.58. The molecule has 0 atom stereocenters. The number of hydrogen-bond acceptors (Lipinski definition) is 6. The van der Waals surface area contributed by atoms with Crippen molar-refractivity contribution in [1.82, 2.24) is 5.32 Å². The molecule has 0 spiro atoms. The Morgan fingerprint density at radius 2 is 2.03 bits per heavy atom. The quantitative estimate of drug-likeness (QED) is 0.483. The predicted octanol–water partition coefficient (Wildman–Crippen LogP) is 3.33. The number of carboxylic acid groups (broad SMARTS) is 1. The molecule has 0 unspecified atom stereocenters. The van der Waals surface area contributed by atoms with E-state index < -0.39 is 11.9 Å². The van der Waals surface area contributed by atoms with Gasteiger partial charge in [-0.3, -0.25) is 0 Å². The van der Waals surface area contributed by atoms with Crippen LogP contribution in [0.4, 0.5) is 20.6 Å². The highest BCUT2D eigenvalue weighted by molar-refractivity contribution is 7.80. The topological polar surface area (TPSA) is 116 Å². The molecule has 10 heteroatoms. The number of carbonyl (C=O) groups is 1. The number of halogens is 1. The minimum absolute atomic E-state index is 0.00867. The molecule has 0 radical (unpaired) electrons. The minimum Gasteiger partial charge on any atom is -0.497 e. The number of benzene rings is 2. The molecule has 8 nitrogen and oxygen atoms in total. The van der Waals surface area contributed by atoms with Crippen LogP contribution in [0.2, 0.25) is 0 Å². The second-order valence-electron chi connectivity index (χ2n) is 5.74. The summed E-state index contributed by atoms with van der Waals surface area (Å²) in [5.41, 5.74) is 1.61. The first kappa shape index (κ1) is 21.7.